The van der Waals surface area contributed by atoms with Gasteiger partial charge in [-0.1, -0.05) is 18.0 Å². The average molecular weight is 504 g/mol. The van der Waals surface area contributed by atoms with Crippen LogP contribution in [0.2, 0.25) is 0 Å². The van der Waals surface area contributed by atoms with E-state index in [1.54, 1.807) is 30.8 Å². The first-order valence-electron chi connectivity index (χ1n) is 12.0. The van der Waals surface area contributed by atoms with E-state index in [2.05, 4.69) is 9.88 Å². The first-order chi connectivity index (χ1) is 16.5. The van der Waals surface area contributed by atoms with Crippen molar-refractivity contribution in [1.82, 2.24) is 14.8 Å². The predicted molar refractivity (Wildman–Crippen MR) is 126 cm³/mol. The van der Waals surface area contributed by atoms with E-state index in [1.165, 1.54) is 12.2 Å². The number of hydrogen-bond acceptors (Lipinski definition) is 7. The van der Waals surface area contributed by atoms with Crippen LogP contribution >= 0.6 is 0 Å². The Bertz CT molecular complexity index is 1260. The number of sulfonamides is 1. The highest BCUT2D eigenvalue weighted by molar-refractivity contribution is 7.93. The number of allylic oxidation sites excluding steroid dienone is 2. The summed E-state index contributed by atoms with van der Waals surface area (Å²) in [5.74, 6) is -1.04. The van der Waals surface area contributed by atoms with Crippen LogP contribution in [0.25, 0.3) is 0 Å². The third kappa shape index (κ3) is 4.52. The zero-order chi connectivity index (χ0) is 25.0. The van der Waals surface area contributed by atoms with Crippen molar-refractivity contribution in [3.05, 3.63) is 40.7 Å². The second-order valence-electron chi connectivity index (χ2n) is 10.3. The third-order valence-corrected chi connectivity index (χ3v) is 9.10. The quantitative estimate of drug-likeness (QED) is 0.541. The molecule has 3 amide bonds. The molecule has 3 aliphatic carbocycles. The predicted octanol–water partition coefficient (Wildman–Crippen LogP) is 2.40. The number of ether oxygens (including phenoxy) is 1. The number of carbonyl (C=O) groups excluding carboxylic acids is 2. The van der Waals surface area contributed by atoms with Gasteiger partial charge in [-0.25, -0.2) is 17.9 Å². The second kappa shape index (κ2) is 8.49. The Labute approximate surface area is 204 Å². The number of nitrogens with zero attached hydrogens (tertiary/aromatic N) is 3. The molecule has 0 aromatic carbocycles. The van der Waals surface area contributed by atoms with E-state index < -0.39 is 39.0 Å². The van der Waals surface area contributed by atoms with Crippen molar-refractivity contribution < 1.29 is 31.8 Å². The van der Waals surface area contributed by atoms with Crippen molar-refractivity contribution in [3.8, 4) is 0 Å². The highest BCUT2D eigenvalue weighted by atomic mass is 32.2. The Morgan fingerprint density at radius 1 is 1.23 bits per heavy atom. The molecular weight excluding hydrogens is 472 g/mol. The van der Waals surface area contributed by atoms with Crippen LogP contribution in [0.3, 0.4) is 0 Å². The van der Waals surface area contributed by atoms with E-state index in [0.29, 0.717) is 17.2 Å². The van der Waals surface area contributed by atoms with Crippen LogP contribution in [-0.4, -0.2) is 65.5 Å². The van der Waals surface area contributed by atoms with Crippen molar-refractivity contribution in [1.29, 1.82) is 0 Å². The van der Waals surface area contributed by atoms with E-state index >= 15 is 0 Å². The highest BCUT2D eigenvalue weighted by Gasteiger charge is 2.51. The van der Waals surface area contributed by atoms with Gasteiger partial charge in [0.2, 0.25) is 10.0 Å². The van der Waals surface area contributed by atoms with Gasteiger partial charge in [-0.2, -0.15) is 14.3 Å². The van der Waals surface area contributed by atoms with Gasteiger partial charge in [0.25, 0.3) is 0 Å². The van der Waals surface area contributed by atoms with Gasteiger partial charge in [-0.15, -0.1) is 0 Å². The first kappa shape index (κ1) is 24.1. The van der Waals surface area contributed by atoms with E-state index in [1.807, 2.05) is 6.92 Å². The summed E-state index contributed by atoms with van der Waals surface area (Å²) in [6, 6.07) is 1.19. The first-order valence-corrected chi connectivity index (χ1v) is 13.4. The van der Waals surface area contributed by atoms with Crippen LogP contribution in [0.15, 0.2) is 33.7 Å². The number of rotatable bonds is 8. The summed E-state index contributed by atoms with van der Waals surface area (Å²) in [6.07, 6.45) is 9.65. The molecule has 1 atom stereocenters. The van der Waals surface area contributed by atoms with Gasteiger partial charge < -0.3 is 9.26 Å². The monoisotopic (exact) mass is 503 g/mol. The van der Waals surface area contributed by atoms with Gasteiger partial charge in [-0.3, -0.25) is 0 Å². The van der Waals surface area contributed by atoms with E-state index in [0.717, 1.165) is 43.4 Å². The zero-order valence-corrected chi connectivity index (χ0v) is 21.1. The SMILES string of the molecule is COC1(C[N+]2=C3C=CC(S(=O)(=O)NC4(C)CC4)=CC3C(=O)N(Cc3cc(C)no3)C2=O)CCCC1. The molecule has 10 nitrogen and oxygen atoms in total. The molecule has 1 unspecified atom stereocenters. The maximum absolute atomic E-state index is 13.6. The van der Waals surface area contributed by atoms with E-state index in [9.17, 15) is 18.0 Å². The van der Waals surface area contributed by atoms with Gasteiger partial charge in [-0.05, 0) is 57.8 Å². The molecule has 188 valence electrons. The summed E-state index contributed by atoms with van der Waals surface area (Å²) in [4.78, 5) is 28.3. The summed E-state index contributed by atoms with van der Waals surface area (Å²) >= 11 is 0. The van der Waals surface area contributed by atoms with E-state index in [4.69, 9.17) is 9.26 Å². The number of fused-ring (bicyclic) bond motifs is 1. The minimum Gasteiger partial charge on any atom is -0.374 e. The number of methoxy groups -OCH3 is 1. The van der Waals surface area contributed by atoms with Crippen LogP contribution in [0, 0.1) is 12.8 Å². The molecule has 1 aliphatic heterocycles. The molecule has 5 rings (SSSR count). The van der Waals surface area contributed by atoms with Gasteiger partial charge in [0, 0.05) is 18.7 Å². The van der Waals surface area contributed by atoms with E-state index in [-0.39, 0.29) is 18.0 Å². The Balaban J connectivity index is 1.54. The van der Waals surface area contributed by atoms with Crippen molar-refractivity contribution in [2.24, 2.45) is 5.92 Å². The fraction of sp³-hybridized carbons (Fsp3) is 0.583. The number of aromatic nitrogens is 1. The molecule has 0 radical (unpaired) electrons. The number of imide groups is 1. The molecule has 2 heterocycles. The molecule has 2 saturated carbocycles. The fourth-order valence-electron chi connectivity index (χ4n) is 5.09. The lowest BCUT2D eigenvalue weighted by Crippen LogP contribution is -2.57. The molecule has 11 heteroatoms. The zero-order valence-electron chi connectivity index (χ0n) is 20.2. The van der Waals surface area contributed by atoms with Gasteiger partial charge in [0.05, 0.1) is 10.6 Å². The molecule has 1 N–H and O–H groups in total. The maximum Gasteiger partial charge on any atom is 0.501 e. The minimum absolute atomic E-state index is 0.0276. The molecule has 0 spiro atoms. The number of amides is 3. The van der Waals surface area contributed by atoms with Crippen molar-refractivity contribution in [3.63, 3.8) is 0 Å². The molecule has 0 saturated heterocycles. The molecule has 1 aromatic heterocycles. The molecule has 4 aliphatic rings. The normalized spacial score (nSPS) is 25.2. The Kier molecular flexibility index (Phi) is 5.84. The minimum atomic E-state index is -3.81. The number of urea groups is 1. The Morgan fingerprint density at radius 2 is 1.94 bits per heavy atom. The summed E-state index contributed by atoms with van der Waals surface area (Å²) in [7, 11) is -2.17. The number of hydrogen-bond donors (Lipinski definition) is 1. The molecule has 2 fully saturated rings. The highest BCUT2D eigenvalue weighted by Crippen LogP contribution is 2.37. The number of carbonyl (C=O) groups is 2. The lowest BCUT2D eigenvalue weighted by Gasteiger charge is -2.32. The second-order valence-corrected chi connectivity index (χ2v) is 12.0. The summed E-state index contributed by atoms with van der Waals surface area (Å²) in [5.41, 5.74) is 0.150. The van der Waals surface area contributed by atoms with Gasteiger partial charge >= 0.3 is 11.9 Å². The topological polar surface area (TPSA) is 122 Å². The Morgan fingerprint density at radius 3 is 2.54 bits per heavy atom. The smallest absolute Gasteiger partial charge is 0.374 e. The van der Waals surface area contributed by atoms with Crippen LogP contribution in [0.5, 0.6) is 0 Å². The maximum atomic E-state index is 13.6. The molecule has 1 aromatic rings. The summed E-state index contributed by atoms with van der Waals surface area (Å²) in [5, 5.41) is 3.85. The van der Waals surface area contributed by atoms with Crippen LogP contribution in [0.1, 0.15) is 56.9 Å². The van der Waals surface area contributed by atoms with Crippen molar-refractivity contribution in [2.45, 2.75) is 70.1 Å². The largest absolute Gasteiger partial charge is 0.501 e. The Hall–Kier alpha value is -2.63. The molecular formula is C24H31N4O6S+. The fourth-order valence-corrected chi connectivity index (χ4v) is 6.62. The lowest BCUT2D eigenvalue weighted by atomic mass is 9.93. The van der Waals surface area contributed by atoms with Gasteiger partial charge in [0.1, 0.15) is 23.8 Å². The van der Waals surface area contributed by atoms with Crippen molar-refractivity contribution in [2.75, 3.05) is 13.7 Å². The van der Waals surface area contributed by atoms with Crippen LogP contribution in [0.4, 0.5) is 4.79 Å². The standard InChI is InChI=1S/C24H31N4O6S/c1-16-12-17(34-25-16)14-27-21(29)19-13-18(35(31,32)26-23(2)10-11-23)6-7-20(19)28(22(27)30)15-24(33-3)8-4-5-9-24/h6-7,12-13,19,26H,4-5,8-11,14-15H2,1-3H3/q+1. The summed E-state index contributed by atoms with van der Waals surface area (Å²) < 4.78 is 41.5. The molecule has 35 heavy (non-hydrogen) atoms. The van der Waals surface area contributed by atoms with Gasteiger partial charge in [0.15, 0.2) is 12.3 Å². The van der Waals surface area contributed by atoms with Crippen LogP contribution in [-0.2, 0) is 26.1 Å². The van der Waals surface area contributed by atoms with Crippen LogP contribution < -0.4 is 4.72 Å². The van der Waals surface area contributed by atoms with Crippen molar-refractivity contribution >= 4 is 27.7 Å². The molecule has 0 bridgehead atoms. The summed E-state index contributed by atoms with van der Waals surface area (Å²) in [6.45, 7) is 3.81. The number of aryl methyl sites for hydroxylation is 1. The number of nitrogens with one attached hydrogen (secondary N) is 1. The lowest BCUT2D eigenvalue weighted by molar-refractivity contribution is -0.463. The third-order valence-electron chi connectivity index (χ3n) is 7.45. The average Bonchev–Trinajstić information content (AvgIpc) is 3.19.